The SMILES string of the molecule is COc1ccc(CNc2nc(N3C=CC=N[C@@H]3CO)ncc2C(=O)NCc2ncccn2)cc1Cl. The number of halogens is 1. The lowest BCUT2D eigenvalue weighted by Gasteiger charge is -2.26. The predicted octanol–water partition coefficient (Wildman–Crippen LogP) is 2.19. The van der Waals surface area contributed by atoms with Crippen LogP contribution in [-0.2, 0) is 13.1 Å². The smallest absolute Gasteiger partial charge is 0.256 e. The lowest BCUT2D eigenvalue weighted by molar-refractivity contribution is 0.0950. The standard InChI is InChI=1S/C23H23ClN8O3/c1-35-18-5-4-15(10-17(18)24)11-28-21-16(22(34)29-13-19-25-6-2-7-26-19)12-30-23(31-21)32-9-3-8-27-20(32)14-33/h2-10,12,20,33H,11,13-14H2,1H3,(H,29,34)(H,28,30,31)/t20-/m0/s1. The van der Waals surface area contributed by atoms with E-state index in [0.717, 1.165) is 5.56 Å². The van der Waals surface area contributed by atoms with Gasteiger partial charge in [0.2, 0.25) is 5.95 Å². The van der Waals surface area contributed by atoms with Crippen molar-refractivity contribution in [3.8, 4) is 5.75 Å². The van der Waals surface area contributed by atoms with Crippen molar-refractivity contribution in [3.05, 3.63) is 77.1 Å². The van der Waals surface area contributed by atoms with E-state index < -0.39 is 12.1 Å². The van der Waals surface area contributed by atoms with E-state index in [2.05, 4.69) is 35.6 Å². The minimum Gasteiger partial charge on any atom is -0.495 e. The summed E-state index contributed by atoms with van der Waals surface area (Å²) in [7, 11) is 1.55. The van der Waals surface area contributed by atoms with Crippen LogP contribution in [0.25, 0.3) is 0 Å². The molecule has 3 heterocycles. The van der Waals surface area contributed by atoms with Crippen LogP contribution in [0.15, 0.2) is 60.1 Å². The largest absolute Gasteiger partial charge is 0.495 e. The highest BCUT2D eigenvalue weighted by Crippen LogP contribution is 2.26. The highest BCUT2D eigenvalue weighted by Gasteiger charge is 2.22. The Kier molecular flexibility index (Phi) is 7.81. The van der Waals surface area contributed by atoms with Crippen molar-refractivity contribution >= 4 is 35.5 Å². The summed E-state index contributed by atoms with van der Waals surface area (Å²) in [5.41, 5.74) is 1.09. The van der Waals surface area contributed by atoms with Gasteiger partial charge in [0.15, 0.2) is 6.17 Å². The van der Waals surface area contributed by atoms with Crippen LogP contribution >= 0.6 is 11.6 Å². The molecule has 0 bridgehead atoms. The molecule has 180 valence electrons. The number of benzene rings is 1. The Balaban J connectivity index is 1.59. The van der Waals surface area contributed by atoms with E-state index in [9.17, 15) is 9.90 Å². The molecule has 35 heavy (non-hydrogen) atoms. The number of anilines is 2. The number of carbonyl (C=O) groups is 1. The molecule has 0 aliphatic carbocycles. The molecule has 3 aromatic rings. The summed E-state index contributed by atoms with van der Waals surface area (Å²) in [4.78, 5) is 35.9. The number of nitrogens with zero attached hydrogens (tertiary/aromatic N) is 6. The van der Waals surface area contributed by atoms with E-state index in [1.807, 2.05) is 6.07 Å². The molecule has 3 N–H and O–H groups in total. The van der Waals surface area contributed by atoms with Gasteiger partial charge in [0.1, 0.15) is 23.0 Å². The molecule has 11 nitrogen and oxygen atoms in total. The molecule has 1 amide bonds. The fourth-order valence-electron chi connectivity index (χ4n) is 3.27. The van der Waals surface area contributed by atoms with Gasteiger partial charge in [-0.2, -0.15) is 4.98 Å². The normalized spacial score (nSPS) is 14.6. The summed E-state index contributed by atoms with van der Waals surface area (Å²) in [6, 6.07) is 7.09. The van der Waals surface area contributed by atoms with E-state index in [-0.39, 0.29) is 24.7 Å². The number of aliphatic imine (C=N–C) groups is 1. The zero-order valence-electron chi connectivity index (χ0n) is 18.8. The second-order valence-electron chi connectivity index (χ2n) is 7.31. The third-order valence-electron chi connectivity index (χ3n) is 5.03. The Morgan fingerprint density at radius 1 is 1.23 bits per heavy atom. The maximum absolute atomic E-state index is 13.0. The maximum Gasteiger partial charge on any atom is 0.256 e. The Bertz CT molecular complexity index is 1240. The van der Waals surface area contributed by atoms with Gasteiger partial charge in [0, 0.05) is 37.5 Å². The average molecular weight is 495 g/mol. The monoisotopic (exact) mass is 494 g/mol. The first kappa shape index (κ1) is 24.0. The summed E-state index contributed by atoms with van der Waals surface area (Å²) in [6.45, 7) is 0.251. The number of ether oxygens (including phenoxy) is 1. The third kappa shape index (κ3) is 5.89. The van der Waals surface area contributed by atoms with Crippen LogP contribution in [-0.4, -0.2) is 57.0 Å². The Hall–Kier alpha value is -4.09. The highest BCUT2D eigenvalue weighted by molar-refractivity contribution is 6.32. The van der Waals surface area contributed by atoms with Crippen molar-refractivity contribution in [2.45, 2.75) is 19.3 Å². The third-order valence-corrected chi connectivity index (χ3v) is 5.32. The summed E-state index contributed by atoms with van der Waals surface area (Å²) in [5, 5.41) is 16.1. The molecule has 0 fully saturated rings. The van der Waals surface area contributed by atoms with E-state index in [1.165, 1.54) is 6.20 Å². The second kappa shape index (κ2) is 11.4. The van der Waals surface area contributed by atoms with Gasteiger partial charge in [-0.25, -0.2) is 15.0 Å². The second-order valence-corrected chi connectivity index (χ2v) is 7.72. The van der Waals surface area contributed by atoms with Crippen molar-refractivity contribution in [2.75, 3.05) is 23.9 Å². The van der Waals surface area contributed by atoms with Crippen LogP contribution in [0.1, 0.15) is 21.7 Å². The minimum absolute atomic E-state index is 0.144. The van der Waals surface area contributed by atoms with Gasteiger partial charge < -0.3 is 20.5 Å². The van der Waals surface area contributed by atoms with Gasteiger partial charge >= 0.3 is 0 Å². The quantitative estimate of drug-likeness (QED) is 0.408. The molecular formula is C23H23ClN8O3. The molecular weight excluding hydrogens is 472 g/mol. The molecule has 12 heteroatoms. The molecule has 0 saturated heterocycles. The number of aliphatic hydroxyl groups excluding tert-OH is 1. The Morgan fingerprint density at radius 2 is 2.06 bits per heavy atom. The van der Waals surface area contributed by atoms with Crippen LogP contribution in [0, 0.1) is 0 Å². The number of hydrogen-bond acceptors (Lipinski definition) is 10. The number of nitrogens with one attached hydrogen (secondary N) is 2. The topological polar surface area (TPSA) is 138 Å². The number of aliphatic hydroxyl groups is 1. The minimum atomic E-state index is -0.567. The Morgan fingerprint density at radius 3 is 2.80 bits per heavy atom. The fraction of sp³-hybridized carbons (Fsp3) is 0.217. The fourth-order valence-corrected chi connectivity index (χ4v) is 3.55. The van der Waals surface area contributed by atoms with Crippen LogP contribution in [0.2, 0.25) is 5.02 Å². The van der Waals surface area contributed by atoms with Crippen LogP contribution in [0.3, 0.4) is 0 Å². The van der Waals surface area contributed by atoms with Crippen molar-refractivity contribution in [1.82, 2.24) is 25.3 Å². The first-order valence-corrected chi connectivity index (χ1v) is 11.0. The molecule has 4 rings (SSSR count). The zero-order valence-corrected chi connectivity index (χ0v) is 19.6. The van der Waals surface area contributed by atoms with E-state index in [4.69, 9.17) is 16.3 Å². The number of carbonyl (C=O) groups excluding carboxylic acids is 1. The number of hydrogen-bond donors (Lipinski definition) is 3. The zero-order chi connectivity index (χ0) is 24.6. The van der Waals surface area contributed by atoms with Crippen LogP contribution < -0.4 is 20.3 Å². The molecule has 1 aliphatic heterocycles. The van der Waals surface area contributed by atoms with Gasteiger partial charge in [0.05, 0.1) is 25.3 Å². The first-order chi connectivity index (χ1) is 17.1. The van der Waals surface area contributed by atoms with Crippen LogP contribution in [0.5, 0.6) is 5.75 Å². The van der Waals surface area contributed by atoms with Gasteiger partial charge in [-0.3, -0.25) is 14.7 Å². The number of amides is 1. The molecule has 0 unspecified atom stereocenters. The molecule has 1 atom stereocenters. The molecule has 0 radical (unpaired) electrons. The summed E-state index contributed by atoms with van der Waals surface area (Å²) in [5.74, 6) is 1.21. The molecule has 2 aromatic heterocycles. The van der Waals surface area contributed by atoms with Gasteiger partial charge in [-0.05, 0) is 29.8 Å². The van der Waals surface area contributed by atoms with Crippen molar-refractivity contribution < 1.29 is 14.6 Å². The van der Waals surface area contributed by atoms with E-state index >= 15 is 0 Å². The summed E-state index contributed by atoms with van der Waals surface area (Å²) < 4.78 is 5.20. The molecule has 0 spiro atoms. The predicted molar refractivity (Wildman–Crippen MR) is 132 cm³/mol. The van der Waals surface area contributed by atoms with E-state index in [1.54, 1.807) is 61.1 Å². The number of allylic oxidation sites excluding steroid dienone is 1. The number of methoxy groups -OCH3 is 1. The van der Waals surface area contributed by atoms with E-state index in [0.29, 0.717) is 29.0 Å². The lowest BCUT2D eigenvalue weighted by atomic mass is 10.2. The Labute approximate surface area is 206 Å². The first-order valence-electron chi connectivity index (χ1n) is 10.7. The van der Waals surface area contributed by atoms with Crippen LogP contribution in [0.4, 0.5) is 11.8 Å². The number of aromatic nitrogens is 4. The average Bonchev–Trinajstić information content (AvgIpc) is 2.91. The van der Waals surface area contributed by atoms with Crippen molar-refractivity contribution in [2.24, 2.45) is 4.99 Å². The summed E-state index contributed by atoms with van der Waals surface area (Å²) in [6.07, 6.45) is 9.08. The lowest BCUT2D eigenvalue weighted by Crippen LogP contribution is -2.35. The maximum atomic E-state index is 13.0. The van der Waals surface area contributed by atoms with Gasteiger partial charge in [-0.15, -0.1) is 0 Å². The molecule has 1 aromatic carbocycles. The molecule has 1 aliphatic rings. The van der Waals surface area contributed by atoms with Gasteiger partial charge in [-0.1, -0.05) is 17.7 Å². The highest BCUT2D eigenvalue weighted by atomic mass is 35.5. The molecule has 0 saturated carbocycles. The van der Waals surface area contributed by atoms with Crippen molar-refractivity contribution in [1.29, 1.82) is 0 Å². The van der Waals surface area contributed by atoms with Gasteiger partial charge in [0.25, 0.3) is 5.91 Å². The van der Waals surface area contributed by atoms with Crippen molar-refractivity contribution in [3.63, 3.8) is 0 Å². The summed E-state index contributed by atoms with van der Waals surface area (Å²) >= 11 is 6.25. The number of rotatable bonds is 9.